The second kappa shape index (κ2) is 6.22. The number of furan rings is 1. The van der Waals surface area contributed by atoms with Crippen LogP contribution < -0.4 is 5.32 Å². The molecule has 0 aliphatic heterocycles. The number of rotatable bonds is 4. The Morgan fingerprint density at radius 3 is 2.41 bits per heavy atom. The minimum absolute atomic E-state index is 0.362. The highest BCUT2D eigenvalue weighted by atomic mass is 16.5. The molecule has 0 radical (unpaired) electrons. The Labute approximate surface area is 129 Å². The molecule has 1 saturated carbocycles. The number of aryl methyl sites for hydroxylation is 2. The second-order valence-corrected chi connectivity index (χ2v) is 5.74. The summed E-state index contributed by atoms with van der Waals surface area (Å²) in [6.07, 6.45) is 3.12. The summed E-state index contributed by atoms with van der Waals surface area (Å²) in [7, 11) is 0. The van der Waals surface area contributed by atoms with E-state index in [0.717, 1.165) is 12.8 Å². The van der Waals surface area contributed by atoms with Crippen molar-refractivity contribution < 1.29 is 18.7 Å². The molecule has 1 aliphatic carbocycles. The van der Waals surface area contributed by atoms with Gasteiger partial charge in [-0.2, -0.15) is 5.26 Å². The lowest BCUT2D eigenvalue weighted by molar-refractivity contribution is -0.125. The first-order valence-corrected chi connectivity index (χ1v) is 7.34. The molecule has 1 N–H and O–H groups in total. The Morgan fingerprint density at radius 1 is 1.27 bits per heavy atom. The SMILES string of the molecule is Cc1oc(C)c(C(=O)OCC(=O)NC2(C#N)CCCC2)c1C. The van der Waals surface area contributed by atoms with Gasteiger partial charge in [-0.25, -0.2) is 4.79 Å². The van der Waals surface area contributed by atoms with Gasteiger partial charge in [-0.3, -0.25) is 4.79 Å². The van der Waals surface area contributed by atoms with Gasteiger partial charge in [0, 0.05) is 5.56 Å². The molecule has 6 heteroatoms. The van der Waals surface area contributed by atoms with Crippen molar-refractivity contribution in [1.29, 1.82) is 5.26 Å². The smallest absolute Gasteiger partial charge is 0.342 e. The number of carbonyl (C=O) groups is 2. The molecule has 1 heterocycles. The topological polar surface area (TPSA) is 92.3 Å². The zero-order valence-corrected chi connectivity index (χ0v) is 13.1. The summed E-state index contributed by atoms with van der Waals surface area (Å²) in [6, 6.07) is 2.16. The number of nitriles is 1. The van der Waals surface area contributed by atoms with Crippen LogP contribution in [0, 0.1) is 32.1 Å². The molecule has 1 amide bonds. The summed E-state index contributed by atoms with van der Waals surface area (Å²) in [6.45, 7) is 4.82. The number of hydrogen-bond acceptors (Lipinski definition) is 5. The molecule has 6 nitrogen and oxygen atoms in total. The zero-order chi connectivity index (χ0) is 16.3. The van der Waals surface area contributed by atoms with Gasteiger partial charge in [-0.15, -0.1) is 0 Å². The van der Waals surface area contributed by atoms with Gasteiger partial charge in [0.1, 0.15) is 22.6 Å². The Hall–Kier alpha value is -2.29. The van der Waals surface area contributed by atoms with Crippen molar-refractivity contribution in [2.45, 2.75) is 52.0 Å². The molecule has 0 atom stereocenters. The zero-order valence-electron chi connectivity index (χ0n) is 13.1. The minimum Gasteiger partial charge on any atom is -0.465 e. The third-order valence-electron chi connectivity index (χ3n) is 4.15. The molecule has 0 unspecified atom stereocenters. The van der Waals surface area contributed by atoms with E-state index in [9.17, 15) is 14.9 Å². The van der Waals surface area contributed by atoms with Crippen LogP contribution in [0.25, 0.3) is 0 Å². The molecular weight excluding hydrogens is 284 g/mol. The van der Waals surface area contributed by atoms with E-state index < -0.39 is 24.0 Å². The first kappa shape index (κ1) is 16.1. The Kier molecular flexibility index (Phi) is 4.55. The number of nitrogens with one attached hydrogen (secondary N) is 1. The summed E-state index contributed by atoms with van der Waals surface area (Å²) in [5, 5.41) is 11.9. The highest BCUT2D eigenvalue weighted by Crippen LogP contribution is 2.28. The summed E-state index contributed by atoms with van der Waals surface area (Å²) >= 11 is 0. The first-order valence-electron chi connectivity index (χ1n) is 7.34. The van der Waals surface area contributed by atoms with Crippen LogP contribution in [0.4, 0.5) is 0 Å². The Bertz CT molecular complexity index is 633. The van der Waals surface area contributed by atoms with E-state index in [1.165, 1.54) is 0 Å². The molecule has 1 aromatic rings. The summed E-state index contributed by atoms with van der Waals surface area (Å²) in [5.74, 6) is 0.0970. The fourth-order valence-corrected chi connectivity index (χ4v) is 2.84. The van der Waals surface area contributed by atoms with Gasteiger partial charge in [0.15, 0.2) is 6.61 Å². The van der Waals surface area contributed by atoms with Gasteiger partial charge in [0.05, 0.1) is 6.07 Å². The molecule has 0 bridgehead atoms. The van der Waals surface area contributed by atoms with Gasteiger partial charge in [0.25, 0.3) is 5.91 Å². The van der Waals surface area contributed by atoms with Crippen LogP contribution in [-0.4, -0.2) is 24.0 Å². The molecule has 1 aromatic heterocycles. The van der Waals surface area contributed by atoms with E-state index in [1.807, 2.05) is 0 Å². The fraction of sp³-hybridized carbons (Fsp3) is 0.562. The fourth-order valence-electron chi connectivity index (χ4n) is 2.84. The van der Waals surface area contributed by atoms with Crippen LogP contribution >= 0.6 is 0 Å². The number of esters is 1. The Morgan fingerprint density at radius 2 is 1.91 bits per heavy atom. The number of ether oxygens (including phenoxy) is 1. The van der Waals surface area contributed by atoms with Crippen molar-refractivity contribution >= 4 is 11.9 Å². The molecule has 1 aliphatic rings. The molecule has 118 valence electrons. The average Bonchev–Trinajstić information content (AvgIpc) is 3.03. The Balaban J connectivity index is 1.94. The predicted molar refractivity (Wildman–Crippen MR) is 78.2 cm³/mol. The molecular formula is C16H20N2O4. The lowest BCUT2D eigenvalue weighted by Crippen LogP contribution is -2.46. The van der Waals surface area contributed by atoms with Crippen molar-refractivity contribution in [1.82, 2.24) is 5.32 Å². The van der Waals surface area contributed by atoms with E-state index >= 15 is 0 Å². The maximum atomic E-state index is 12.1. The van der Waals surface area contributed by atoms with Crippen molar-refractivity contribution in [2.75, 3.05) is 6.61 Å². The van der Waals surface area contributed by atoms with Gasteiger partial charge in [0.2, 0.25) is 0 Å². The van der Waals surface area contributed by atoms with Gasteiger partial charge in [-0.1, -0.05) is 0 Å². The van der Waals surface area contributed by atoms with Crippen molar-refractivity contribution in [2.24, 2.45) is 0 Å². The lowest BCUT2D eigenvalue weighted by Gasteiger charge is -2.21. The third kappa shape index (κ3) is 3.14. The van der Waals surface area contributed by atoms with Crippen LogP contribution in [0.2, 0.25) is 0 Å². The average molecular weight is 304 g/mol. The monoisotopic (exact) mass is 304 g/mol. The molecule has 0 saturated heterocycles. The van der Waals surface area contributed by atoms with Crippen LogP contribution in [0.1, 0.15) is 53.1 Å². The third-order valence-corrected chi connectivity index (χ3v) is 4.15. The maximum Gasteiger partial charge on any atom is 0.342 e. The van der Waals surface area contributed by atoms with Gasteiger partial charge >= 0.3 is 5.97 Å². The number of carbonyl (C=O) groups excluding carboxylic acids is 2. The predicted octanol–water partition coefficient (Wildman–Crippen LogP) is 2.31. The maximum absolute atomic E-state index is 12.1. The largest absolute Gasteiger partial charge is 0.465 e. The molecule has 22 heavy (non-hydrogen) atoms. The highest BCUT2D eigenvalue weighted by molar-refractivity contribution is 5.94. The highest BCUT2D eigenvalue weighted by Gasteiger charge is 2.35. The summed E-state index contributed by atoms with van der Waals surface area (Å²) in [4.78, 5) is 24.0. The van der Waals surface area contributed by atoms with Crippen LogP contribution in [0.3, 0.4) is 0 Å². The van der Waals surface area contributed by atoms with E-state index in [4.69, 9.17) is 9.15 Å². The molecule has 2 rings (SSSR count). The normalized spacial score (nSPS) is 16.1. The number of amides is 1. The van der Waals surface area contributed by atoms with Gasteiger partial charge < -0.3 is 14.5 Å². The molecule has 0 aromatic carbocycles. The summed E-state index contributed by atoms with van der Waals surface area (Å²) in [5.41, 5.74) is 0.273. The van der Waals surface area contributed by atoms with E-state index in [-0.39, 0.29) is 0 Å². The molecule has 0 spiro atoms. The van der Waals surface area contributed by atoms with Crippen molar-refractivity contribution in [3.8, 4) is 6.07 Å². The van der Waals surface area contributed by atoms with E-state index in [2.05, 4.69) is 11.4 Å². The van der Waals surface area contributed by atoms with E-state index in [0.29, 0.717) is 35.5 Å². The molecule has 1 fully saturated rings. The number of hydrogen-bond donors (Lipinski definition) is 1. The van der Waals surface area contributed by atoms with Crippen molar-refractivity contribution in [3.63, 3.8) is 0 Å². The standard InChI is InChI=1S/C16H20N2O4/c1-10-11(2)22-12(3)14(10)15(20)21-8-13(19)18-16(9-17)6-4-5-7-16/h4-8H2,1-3H3,(H,18,19). The summed E-state index contributed by atoms with van der Waals surface area (Å²) < 4.78 is 10.4. The minimum atomic E-state index is -0.804. The quantitative estimate of drug-likeness (QED) is 0.862. The van der Waals surface area contributed by atoms with Crippen LogP contribution in [0.15, 0.2) is 4.42 Å². The first-order chi connectivity index (χ1) is 10.4. The van der Waals surface area contributed by atoms with Crippen LogP contribution in [0.5, 0.6) is 0 Å². The van der Waals surface area contributed by atoms with E-state index in [1.54, 1.807) is 20.8 Å². The van der Waals surface area contributed by atoms with Crippen molar-refractivity contribution in [3.05, 3.63) is 22.6 Å². The van der Waals surface area contributed by atoms with Gasteiger partial charge in [-0.05, 0) is 46.5 Å². The van der Waals surface area contributed by atoms with Crippen LogP contribution in [-0.2, 0) is 9.53 Å². The lowest BCUT2D eigenvalue weighted by atomic mass is 10.00. The second-order valence-electron chi connectivity index (χ2n) is 5.74. The number of nitrogens with zero attached hydrogens (tertiary/aromatic N) is 1.